The van der Waals surface area contributed by atoms with E-state index >= 15 is 0 Å². The van der Waals surface area contributed by atoms with Crippen molar-refractivity contribution in [1.82, 2.24) is 20.0 Å². The lowest BCUT2D eigenvalue weighted by molar-refractivity contribution is -0.124. The molecule has 2 atom stereocenters. The van der Waals surface area contributed by atoms with Crippen LogP contribution in [0.2, 0.25) is 0 Å². The van der Waals surface area contributed by atoms with Crippen LogP contribution in [0, 0.1) is 17.8 Å². The van der Waals surface area contributed by atoms with Crippen molar-refractivity contribution >= 4 is 11.4 Å². The maximum atomic E-state index is 12.7. The summed E-state index contributed by atoms with van der Waals surface area (Å²) in [4.78, 5) is 17.7. The number of nitrogens with one attached hydrogen (secondary N) is 2. The highest BCUT2D eigenvalue weighted by Crippen LogP contribution is 2.49. The molecule has 2 N–H and O–H groups in total. The average molecular weight is 324 g/mol. The molecular formula is C19H24N4O. The zero-order valence-electron chi connectivity index (χ0n) is 14.2. The molecule has 2 unspecified atom stereocenters. The molecule has 5 rings (SSSR count). The van der Waals surface area contributed by atoms with E-state index < -0.39 is 5.54 Å². The van der Waals surface area contributed by atoms with Crippen LogP contribution in [0.3, 0.4) is 0 Å². The van der Waals surface area contributed by atoms with Crippen LogP contribution in [-0.4, -0.2) is 28.4 Å². The molecule has 2 aromatic rings. The fourth-order valence-corrected chi connectivity index (χ4v) is 4.41. The lowest BCUT2D eigenvalue weighted by atomic mass is 10.0. The summed E-state index contributed by atoms with van der Waals surface area (Å²) in [7, 11) is 0. The van der Waals surface area contributed by atoms with E-state index in [2.05, 4.69) is 47.2 Å². The molecule has 5 heteroatoms. The van der Waals surface area contributed by atoms with Crippen LogP contribution in [0.4, 0.5) is 0 Å². The number of piperidine rings is 1. The summed E-state index contributed by atoms with van der Waals surface area (Å²) in [6.45, 7) is 6.11. The molecule has 24 heavy (non-hydrogen) atoms. The van der Waals surface area contributed by atoms with Gasteiger partial charge < -0.3 is 15.0 Å². The number of carbonyl (C=O) groups excluding carboxylic acids is 1. The first-order valence-corrected chi connectivity index (χ1v) is 9.06. The number of rotatable bonds is 4. The van der Waals surface area contributed by atoms with Gasteiger partial charge in [0.2, 0.25) is 5.91 Å². The smallest absolute Gasteiger partial charge is 0.224 e. The Kier molecular flexibility index (Phi) is 2.90. The third kappa shape index (κ3) is 2.10. The zero-order chi connectivity index (χ0) is 16.5. The minimum absolute atomic E-state index is 0.192. The van der Waals surface area contributed by atoms with Gasteiger partial charge in [-0.25, -0.2) is 4.98 Å². The van der Waals surface area contributed by atoms with Gasteiger partial charge in [0.15, 0.2) is 0 Å². The van der Waals surface area contributed by atoms with Gasteiger partial charge in [0.25, 0.3) is 0 Å². The molecule has 2 saturated carbocycles. The minimum Gasteiger partial charge on any atom is -0.344 e. The summed E-state index contributed by atoms with van der Waals surface area (Å²) in [6, 6.07) is 6.24. The standard InChI is InChI=1S/C19H24N4O/c1-19(2,22-17(24)15-12-9-20-10-13(12)15)18-21-16(11-6-7-11)14-5-3-4-8-23(14)18/h3-5,8,11-13,15,20H,6-7,9-10H2,1-2H3,(H,22,24). The highest BCUT2D eigenvalue weighted by molar-refractivity contribution is 5.83. The van der Waals surface area contributed by atoms with Crippen molar-refractivity contribution in [3.05, 3.63) is 35.9 Å². The van der Waals surface area contributed by atoms with Crippen LogP contribution in [0.1, 0.15) is 44.1 Å². The fourth-order valence-electron chi connectivity index (χ4n) is 4.41. The first kappa shape index (κ1) is 14.5. The van der Waals surface area contributed by atoms with Crippen LogP contribution >= 0.6 is 0 Å². The van der Waals surface area contributed by atoms with E-state index in [4.69, 9.17) is 4.98 Å². The number of pyridine rings is 1. The first-order chi connectivity index (χ1) is 11.6. The van der Waals surface area contributed by atoms with E-state index in [1.54, 1.807) is 0 Å². The van der Waals surface area contributed by atoms with Gasteiger partial charge in [0.05, 0.1) is 16.7 Å². The Morgan fingerprint density at radius 3 is 2.75 bits per heavy atom. The van der Waals surface area contributed by atoms with Crippen LogP contribution in [0.5, 0.6) is 0 Å². The van der Waals surface area contributed by atoms with Gasteiger partial charge >= 0.3 is 0 Å². The van der Waals surface area contributed by atoms with Gasteiger partial charge in [-0.3, -0.25) is 4.79 Å². The van der Waals surface area contributed by atoms with Gasteiger partial charge in [-0.2, -0.15) is 0 Å². The maximum Gasteiger partial charge on any atom is 0.224 e. The second kappa shape index (κ2) is 4.82. The molecule has 3 aliphatic rings. The van der Waals surface area contributed by atoms with Gasteiger partial charge in [-0.05, 0) is 63.7 Å². The Balaban J connectivity index is 1.46. The van der Waals surface area contributed by atoms with E-state index in [1.165, 1.54) is 24.1 Å². The SMILES string of the molecule is CC(C)(NC(=O)C1C2CNCC21)c1nc(C2CC2)c2ccccn12. The topological polar surface area (TPSA) is 58.4 Å². The lowest BCUT2D eigenvalue weighted by Gasteiger charge is -2.25. The highest BCUT2D eigenvalue weighted by Gasteiger charge is 2.57. The molecule has 3 fully saturated rings. The van der Waals surface area contributed by atoms with Crippen molar-refractivity contribution in [2.75, 3.05) is 13.1 Å². The normalized spacial score (nSPS) is 28.8. The van der Waals surface area contributed by atoms with Crippen LogP contribution in [0.25, 0.3) is 5.52 Å². The Morgan fingerprint density at radius 1 is 1.29 bits per heavy atom. The Bertz CT molecular complexity index is 810. The van der Waals surface area contributed by atoms with Crippen molar-refractivity contribution in [2.45, 2.75) is 38.1 Å². The van der Waals surface area contributed by atoms with E-state index in [9.17, 15) is 4.79 Å². The second-order valence-corrected chi connectivity index (χ2v) is 8.18. The van der Waals surface area contributed by atoms with Gasteiger partial charge in [-0.1, -0.05) is 6.07 Å². The molecular weight excluding hydrogens is 300 g/mol. The van der Waals surface area contributed by atoms with Gasteiger partial charge in [0, 0.05) is 18.0 Å². The molecule has 1 saturated heterocycles. The Labute approximate surface area is 141 Å². The van der Waals surface area contributed by atoms with Crippen LogP contribution < -0.4 is 10.6 Å². The summed E-state index contributed by atoms with van der Waals surface area (Å²) in [5.74, 6) is 3.00. The molecule has 0 bridgehead atoms. The monoisotopic (exact) mass is 324 g/mol. The number of imidazole rings is 1. The average Bonchev–Trinajstić information content (AvgIpc) is 3.43. The van der Waals surface area contributed by atoms with Crippen LogP contribution in [0.15, 0.2) is 24.4 Å². The van der Waals surface area contributed by atoms with E-state index in [0.717, 1.165) is 18.9 Å². The molecule has 0 radical (unpaired) electrons. The predicted octanol–water partition coefficient (Wildman–Crippen LogP) is 2.03. The Hall–Kier alpha value is -1.88. The van der Waals surface area contributed by atoms with Crippen LogP contribution in [-0.2, 0) is 10.3 Å². The maximum absolute atomic E-state index is 12.7. The first-order valence-electron chi connectivity index (χ1n) is 9.06. The lowest BCUT2D eigenvalue weighted by Crippen LogP contribution is -2.44. The van der Waals surface area contributed by atoms with Gasteiger partial charge in [0.1, 0.15) is 5.82 Å². The number of hydrogen-bond acceptors (Lipinski definition) is 3. The summed E-state index contributed by atoms with van der Waals surface area (Å²) in [5.41, 5.74) is 1.91. The highest BCUT2D eigenvalue weighted by atomic mass is 16.2. The molecule has 126 valence electrons. The second-order valence-electron chi connectivity index (χ2n) is 8.18. The van der Waals surface area contributed by atoms with Crippen molar-refractivity contribution in [3.8, 4) is 0 Å². The van der Waals surface area contributed by atoms with Crippen molar-refractivity contribution in [2.24, 2.45) is 17.8 Å². The summed E-state index contributed by atoms with van der Waals surface area (Å²) in [5, 5.41) is 6.63. The van der Waals surface area contributed by atoms with E-state index in [0.29, 0.717) is 17.8 Å². The number of hydrogen-bond donors (Lipinski definition) is 2. The molecule has 1 amide bonds. The molecule has 1 aliphatic heterocycles. The summed E-state index contributed by atoms with van der Waals surface area (Å²) < 4.78 is 2.16. The molecule has 5 nitrogen and oxygen atoms in total. The number of nitrogens with zero attached hydrogens (tertiary/aromatic N) is 2. The number of fused-ring (bicyclic) bond motifs is 2. The Morgan fingerprint density at radius 2 is 2.04 bits per heavy atom. The quantitative estimate of drug-likeness (QED) is 0.905. The molecule has 2 aliphatic carbocycles. The summed E-state index contributed by atoms with van der Waals surface area (Å²) >= 11 is 0. The molecule has 3 heterocycles. The fraction of sp³-hybridized carbons (Fsp3) is 0.579. The minimum atomic E-state index is -0.473. The van der Waals surface area contributed by atoms with Crippen molar-refractivity contribution < 1.29 is 4.79 Å². The third-order valence-corrected chi connectivity index (χ3v) is 5.93. The number of amides is 1. The largest absolute Gasteiger partial charge is 0.344 e. The van der Waals surface area contributed by atoms with Gasteiger partial charge in [-0.15, -0.1) is 0 Å². The number of aromatic nitrogens is 2. The predicted molar refractivity (Wildman–Crippen MR) is 91.7 cm³/mol. The third-order valence-electron chi connectivity index (χ3n) is 5.93. The van der Waals surface area contributed by atoms with Crippen molar-refractivity contribution in [1.29, 1.82) is 0 Å². The summed E-state index contributed by atoms with van der Waals surface area (Å²) in [6.07, 6.45) is 4.52. The molecule has 0 spiro atoms. The van der Waals surface area contributed by atoms with E-state index in [-0.39, 0.29) is 11.8 Å². The van der Waals surface area contributed by atoms with Crippen molar-refractivity contribution in [3.63, 3.8) is 0 Å². The number of carbonyl (C=O) groups is 1. The van der Waals surface area contributed by atoms with E-state index in [1.807, 2.05) is 6.07 Å². The molecule has 2 aromatic heterocycles. The zero-order valence-corrected chi connectivity index (χ0v) is 14.2. The molecule has 0 aromatic carbocycles.